The molecule has 0 saturated carbocycles. The van der Waals surface area contributed by atoms with E-state index in [0.29, 0.717) is 12.1 Å². The highest BCUT2D eigenvalue weighted by Gasteiger charge is 2.23. The molecule has 4 nitrogen and oxygen atoms in total. The zero-order valence-corrected chi connectivity index (χ0v) is 11.2. The lowest BCUT2D eigenvalue weighted by Gasteiger charge is -2.27. The first-order valence-electron chi connectivity index (χ1n) is 6.65. The van der Waals surface area contributed by atoms with Gasteiger partial charge in [0.1, 0.15) is 0 Å². The van der Waals surface area contributed by atoms with Gasteiger partial charge in [0.15, 0.2) is 0 Å². The van der Waals surface area contributed by atoms with Crippen LogP contribution in [0.2, 0.25) is 0 Å². The van der Waals surface area contributed by atoms with Gasteiger partial charge in [-0.05, 0) is 37.1 Å². The van der Waals surface area contributed by atoms with Crippen molar-refractivity contribution in [2.75, 3.05) is 20.1 Å². The number of nitrogens with one attached hydrogen (secondary N) is 1. The Kier molecular flexibility index (Phi) is 4.53. The summed E-state index contributed by atoms with van der Waals surface area (Å²) >= 11 is 0. The normalized spacial score (nSPS) is 18.6. The van der Waals surface area contributed by atoms with E-state index >= 15 is 0 Å². The van der Waals surface area contributed by atoms with E-state index in [2.05, 4.69) is 11.4 Å². The van der Waals surface area contributed by atoms with Gasteiger partial charge in [-0.25, -0.2) is 0 Å². The zero-order chi connectivity index (χ0) is 13.7. The molecule has 1 aliphatic rings. The Labute approximate surface area is 114 Å². The van der Waals surface area contributed by atoms with Crippen molar-refractivity contribution in [1.29, 1.82) is 5.26 Å². The molecule has 0 unspecified atom stereocenters. The number of rotatable bonds is 3. The minimum Gasteiger partial charge on any atom is -0.341 e. The van der Waals surface area contributed by atoms with E-state index in [-0.39, 0.29) is 11.8 Å². The molecule has 19 heavy (non-hydrogen) atoms. The number of piperidine rings is 1. The SMILES string of the molecule is CN(Cc1ccc(C#N)cc1)C(=O)[C@H]1CCCNC1. The molecule has 0 aromatic heterocycles. The summed E-state index contributed by atoms with van der Waals surface area (Å²) in [7, 11) is 1.84. The van der Waals surface area contributed by atoms with Crippen molar-refractivity contribution >= 4 is 5.91 Å². The van der Waals surface area contributed by atoms with Crippen LogP contribution in [0.3, 0.4) is 0 Å². The molecule has 100 valence electrons. The fourth-order valence-corrected chi connectivity index (χ4v) is 2.41. The Morgan fingerprint density at radius 2 is 2.21 bits per heavy atom. The van der Waals surface area contributed by atoms with Gasteiger partial charge in [0.25, 0.3) is 0 Å². The van der Waals surface area contributed by atoms with Crippen LogP contribution in [0.5, 0.6) is 0 Å². The van der Waals surface area contributed by atoms with E-state index in [1.54, 1.807) is 17.0 Å². The van der Waals surface area contributed by atoms with E-state index in [4.69, 9.17) is 5.26 Å². The second kappa shape index (κ2) is 6.35. The van der Waals surface area contributed by atoms with Gasteiger partial charge in [0.2, 0.25) is 5.91 Å². The number of benzene rings is 1. The maximum Gasteiger partial charge on any atom is 0.227 e. The molecule has 1 N–H and O–H groups in total. The summed E-state index contributed by atoms with van der Waals surface area (Å²) in [5, 5.41) is 12.0. The van der Waals surface area contributed by atoms with Crippen molar-refractivity contribution in [2.45, 2.75) is 19.4 Å². The van der Waals surface area contributed by atoms with Crippen LogP contribution in [0.15, 0.2) is 24.3 Å². The molecule has 1 atom stereocenters. The van der Waals surface area contributed by atoms with E-state index in [9.17, 15) is 4.79 Å². The highest BCUT2D eigenvalue weighted by Crippen LogP contribution is 2.14. The highest BCUT2D eigenvalue weighted by atomic mass is 16.2. The standard InChI is InChI=1S/C15H19N3O/c1-18(15(19)14-3-2-8-17-10-14)11-13-6-4-12(9-16)5-7-13/h4-7,14,17H,2-3,8,10-11H2,1H3/t14-/m0/s1. The summed E-state index contributed by atoms with van der Waals surface area (Å²) in [6.45, 7) is 2.40. The third-order valence-corrected chi connectivity index (χ3v) is 3.53. The maximum absolute atomic E-state index is 12.3. The molecule has 0 aliphatic carbocycles. The summed E-state index contributed by atoms with van der Waals surface area (Å²) in [5.41, 5.74) is 1.70. The lowest BCUT2D eigenvalue weighted by atomic mass is 9.98. The quantitative estimate of drug-likeness (QED) is 0.893. The highest BCUT2D eigenvalue weighted by molar-refractivity contribution is 5.78. The summed E-state index contributed by atoms with van der Waals surface area (Å²) in [6.07, 6.45) is 2.05. The van der Waals surface area contributed by atoms with Crippen LogP contribution in [0.25, 0.3) is 0 Å². The van der Waals surface area contributed by atoms with Gasteiger partial charge in [-0.3, -0.25) is 4.79 Å². The second-order valence-electron chi connectivity index (χ2n) is 5.05. The third kappa shape index (κ3) is 3.55. The number of nitriles is 1. The van der Waals surface area contributed by atoms with Crippen LogP contribution in [0, 0.1) is 17.2 Å². The van der Waals surface area contributed by atoms with Gasteiger partial charge in [-0.15, -0.1) is 0 Å². The number of hydrogen-bond acceptors (Lipinski definition) is 3. The van der Waals surface area contributed by atoms with Crippen LogP contribution in [-0.2, 0) is 11.3 Å². The topological polar surface area (TPSA) is 56.1 Å². The monoisotopic (exact) mass is 257 g/mol. The number of carbonyl (C=O) groups is 1. The Balaban J connectivity index is 1.93. The third-order valence-electron chi connectivity index (χ3n) is 3.53. The lowest BCUT2D eigenvalue weighted by Crippen LogP contribution is -2.41. The van der Waals surface area contributed by atoms with E-state index in [1.165, 1.54) is 0 Å². The molecule has 1 aromatic rings. The van der Waals surface area contributed by atoms with Crippen molar-refractivity contribution in [1.82, 2.24) is 10.2 Å². The van der Waals surface area contributed by atoms with Crippen LogP contribution in [0.4, 0.5) is 0 Å². The number of nitrogens with zero attached hydrogens (tertiary/aromatic N) is 2. The second-order valence-corrected chi connectivity index (χ2v) is 5.05. The van der Waals surface area contributed by atoms with Gasteiger partial charge < -0.3 is 10.2 Å². The fourth-order valence-electron chi connectivity index (χ4n) is 2.41. The van der Waals surface area contributed by atoms with Gasteiger partial charge in [-0.1, -0.05) is 12.1 Å². The minimum atomic E-state index is 0.108. The van der Waals surface area contributed by atoms with Gasteiger partial charge >= 0.3 is 0 Å². The molecular formula is C15H19N3O. The summed E-state index contributed by atoms with van der Waals surface area (Å²) in [4.78, 5) is 14.0. The molecule has 1 aliphatic heterocycles. The van der Waals surface area contributed by atoms with Gasteiger partial charge in [0.05, 0.1) is 17.6 Å². The summed E-state index contributed by atoms with van der Waals surface area (Å²) < 4.78 is 0. The molecule has 1 heterocycles. The number of hydrogen-bond donors (Lipinski definition) is 1. The molecule has 1 saturated heterocycles. The van der Waals surface area contributed by atoms with Crippen LogP contribution >= 0.6 is 0 Å². The molecule has 0 radical (unpaired) electrons. The maximum atomic E-state index is 12.3. The Morgan fingerprint density at radius 1 is 1.47 bits per heavy atom. The van der Waals surface area contributed by atoms with Gasteiger partial charge in [-0.2, -0.15) is 5.26 Å². The average molecular weight is 257 g/mol. The molecule has 2 rings (SSSR count). The first-order valence-corrected chi connectivity index (χ1v) is 6.65. The van der Waals surface area contributed by atoms with Crippen LogP contribution in [0.1, 0.15) is 24.0 Å². The minimum absolute atomic E-state index is 0.108. The first kappa shape index (κ1) is 13.6. The lowest BCUT2D eigenvalue weighted by molar-refractivity contribution is -0.135. The summed E-state index contributed by atoms with van der Waals surface area (Å²) in [5.74, 6) is 0.314. The van der Waals surface area contributed by atoms with E-state index < -0.39 is 0 Å². The van der Waals surface area contributed by atoms with Crippen molar-refractivity contribution in [3.8, 4) is 6.07 Å². The molecule has 0 spiro atoms. The Bertz CT molecular complexity index is 469. The van der Waals surface area contributed by atoms with E-state index in [1.807, 2.05) is 19.2 Å². The Hall–Kier alpha value is -1.86. The molecule has 0 bridgehead atoms. The van der Waals surface area contributed by atoms with Crippen molar-refractivity contribution < 1.29 is 4.79 Å². The van der Waals surface area contributed by atoms with Crippen LogP contribution < -0.4 is 5.32 Å². The molecule has 4 heteroatoms. The van der Waals surface area contributed by atoms with Gasteiger partial charge in [0, 0.05) is 20.1 Å². The van der Waals surface area contributed by atoms with E-state index in [0.717, 1.165) is 31.5 Å². The fraction of sp³-hybridized carbons (Fsp3) is 0.467. The number of amides is 1. The van der Waals surface area contributed by atoms with Crippen molar-refractivity contribution in [2.24, 2.45) is 5.92 Å². The average Bonchev–Trinajstić information content (AvgIpc) is 2.48. The van der Waals surface area contributed by atoms with Crippen molar-refractivity contribution in [3.05, 3.63) is 35.4 Å². The first-order chi connectivity index (χ1) is 9.20. The predicted octanol–water partition coefficient (Wildman–Crippen LogP) is 1.52. The predicted molar refractivity (Wildman–Crippen MR) is 73.2 cm³/mol. The molecular weight excluding hydrogens is 238 g/mol. The van der Waals surface area contributed by atoms with Crippen LogP contribution in [-0.4, -0.2) is 30.9 Å². The molecule has 1 fully saturated rings. The summed E-state index contributed by atoms with van der Waals surface area (Å²) in [6, 6.07) is 9.48. The molecule has 1 amide bonds. The Morgan fingerprint density at radius 3 is 2.79 bits per heavy atom. The number of carbonyl (C=O) groups excluding carboxylic acids is 1. The smallest absolute Gasteiger partial charge is 0.227 e. The largest absolute Gasteiger partial charge is 0.341 e. The molecule has 1 aromatic carbocycles. The zero-order valence-electron chi connectivity index (χ0n) is 11.2. The van der Waals surface area contributed by atoms with Crippen molar-refractivity contribution in [3.63, 3.8) is 0 Å².